The molecule has 0 bridgehead atoms. The fourth-order valence-corrected chi connectivity index (χ4v) is 1.97. The molecule has 0 spiro atoms. The third-order valence-electron chi connectivity index (χ3n) is 2.03. The number of nitrogens with two attached hydrogens (primary N) is 1. The topological polar surface area (TPSA) is 52.3 Å². The second kappa shape index (κ2) is 4.00. The van der Waals surface area contributed by atoms with E-state index in [2.05, 4.69) is 0 Å². The van der Waals surface area contributed by atoms with Crippen LogP contribution in [0.3, 0.4) is 0 Å². The number of hydrogen-bond acceptors (Lipinski definition) is 4. The lowest BCUT2D eigenvalue weighted by atomic mass is 9.92. The van der Waals surface area contributed by atoms with Crippen LogP contribution in [0.1, 0.15) is 25.6 Å². The highest BCUT2D eigenvalue weighted by atomic mass is 32.1. The van der Waals surface area contributed by atoms with Gasteiger partial charge >= 0.3 is 5.97 Å². The van der Waals surface area contributed by atoms with Gasteiger partial charge in [0, 0.05) is 4.88 Å². The Morgan fingerprint density at radius 3 is 2.64 bits per heavy atom. The third kappa shape index (κ3) is 2.07. The van der Waals surface area contributed by atoms with Crippen LogP contribution < -0.4 is 5.73 Å². The first-order chi connectivity index (χ1) is 6.48. The highest BCUT2D eigenvalue weighted by Gasteiger charge is 2.32. The zero-order valence-electron chi connectivity index (χ0n) is 8.66. The number of carbonyl (C=O) groups is 1. The molecule has 0 aliphatic rings. The molecule has 14 heavy (non-hydrogen) atoms. The van der Waals surface area contributed by atoms with Gasteiger partial charge in [-0.1, -0.05) is 0 Å². The van der Waals surface area contributed by atoms with Crippen molar-refractivity contribution >= 4 is 22.3 Å². The van der Waals surface area contributed by atoms with Gasteiger partial charge in [0.25, 0.3) is 0 Å². The van der Waals surface area contributed by atoms with Crippen molar-refractivity contribution in [3.05, 3.63) is 17.0 Å². The largest absolute Gasteiger partial charge is 0.465 e. The van der Waals surface area contributed by atoms with Crippen molar-refractivity contribution in [2.75, 3.05) is 12.3 Å². The number of anilines is 1. The Morgan fingerprint density at radius 2 is 2.21 bits per heavy atom. The molecule has 0 aliphatic heterocycles. The van der Waals surface area contributed by atoms with Gasteiger partial charge in [0.2, 0.25) is 0 Å². The van der Waals surface area contributed by atoms with Crippen molar-refractivity contribution in [1.29, 1.82) is 0 Å². The monoisotopic (exact) mass is 213 g/mol. The van der Waals surface area contributed by atoms with Gasteiger partial charge in [0.05, 0.1) is 17.0 Å². The lowest BCUT2D eigenvalue weighted by molar-refractivity contribution is -0.148. The minimum Gasteiger partial charge on any atom is -0.465 e. The molecular weight excluding hydrogens is 198 g/mol. The summed E-state index contributed by atoms with van der Waals surface area (Å²) in [5.74, 6) is -0.207. The van der Waals surface area contributed by atoms with E-state index in [0.717, 1.165) is 9.88 Å². The minimum absolute atomic E-state index is 0.207. The molecule has 0 amide bonds. The highest BCUT2D eigenvalue weighted by molar-refractivity contribution is 7.16. The van der Waals surface area contributed by atoms with E-state index in [4.69, 9.17) is 10.5 Å². The maximum absolute atomic E-state index is 11.6. The van der Waals surface area contributed by atoms with E-state index < -0.39 is 5.41 Å². The van der Waals surface area contributed by atoms with E-state index in [9.17, 15) is 4.79 Å². The lowest BCUT2D eigenvalue weighted by Gasteiger charge is -2.20. The normalized spacial score (nSPS) is 11.4. The Kier molecular flexibility index (Phi) is 3.16. The number of ether oxygens (including phenoxy) is 1. The zero-order chi connectivity index (χ0) is 10.8. The van der Waals surface area contributed by atoms with Crippen molar-refractivity contribution in [3.8, 4) is 0 Å². The molecule has 1 rings (SSSR count). The molecule has 1 heterocycles. The number of thiophene rings is 1. The molecule has 78 valence electrons. The maximum atomic E-state index is 11.6. The lowest BCUT2D eigenvalue weighted by Crippen LogP contribution is -2.30. The predicted molar refractivity (Wildman–Crippen MR) is 58.4 cm³/mol. The van der Waals surface area contributed by atoms with Crippen LogP contribution in [0.25, 0.3) is 0 Å². The van der Waals surface area contributed by atoms with E-state index in [1.165, 1.54) is 11.3 Å². The van der Waals surface area contributed by atoms with Crippen molar-refractivity contribution in [1.82, 2.24) is 0 Å². The van der Waals surface area contributed by atoms with Crippen LogP contribution in [-0.4, -0.2) is 12.6 Å². The van der Waals surface area contributed by atoms with Crippen LogP contribution in [-0.2, 0) is 14.9 Å². The summed E-state index contributed by atoms with van der Waals surface area (Å²) >= 11 is 1.43. The van der Waals surface area contributed by atoms with Gasteiger partial charge < -0.3 is 10.5 Å². The van der Waals surface area contributed by atoms with Crippen LogP contribution in [0.5, 0.6) is 0 Å². The Morgan fingerprint density at radius 1 is 1.57 bits per heavy atom. The molecule has 0 radical (unpaired) electrons. The van der Waals surface area contributed by atoms with E-state index in [1.54, 1.807) is 13.0 Å². The van der Waals surface area contributed by atoms with Crippen LogP contribution >= 0.6 is 11.3 Å². The standard InChI is InChI=1S/C10H15NO2S/c1-4-13-9(12)10(2,3)7-5-6-8(11)14-7/h5-6H,4,11H2,1-3H3. The van der Waals surface area contributed by atoms with E-state index >= 15 is 0 Å². The molecule has 3 nitrogen and oxygen atoms in total. The predicted octanol–water partition coefficient (Wildman–Crippen LogP) is 2.17. The Hall–Kier alpha value is -1.03. The van der Waals surface area contributed by atoms with Gasteiger partial charge in [-0.2, -0.15) is 0 Å². The SMILES string of the molecule is CCOC(=O)C(C)(C)c1ccc(N)s1. The van der Waals surface area contributed by atoms with Gasteiger partial charge in [-0.05, 0) is 32.9 Å². The fourth-order valence-electron chi connectivity index (χ4n) is 1.10. The Labute approximate surface area is 87.9 Å². The quantitative estimate of drug-likeness (QED) is 0.783. The molecule has 0 saturated carbocycles. The summed E-state index contributed by atoms with van der Waals surface area (Å²) in [6, 6.07) is 3.68. The summed E-state index contributed by atoms with van der Waals surface area (Å²) in [4.78, 5) is 12.6. The number of carbonyl (C=O) groups excluding carboxylic acids is 1. The molecule has 4 heteroatoms. The molecule has 0 aromatic carbocycles. The average molecular weight is 213 g/mol. The summed E-state index contributed by atoms with van der Waals surface area (Å²) in [6.45, 7) is 5.90. The Bertz CT molecular complexity index is 331. The van der Waals surface area contributed by atoms with Crippen molar-refractivity contribution in [2.24, 2.45) is 0 Å². The molecule has 0 unspecified atom stereocenters. The summed E-state index contributed by atoms with van der Waals surface area (Å²) in [5, 5.41) is 0.720. The van der Waals surface area contributed by atoms with Crippen LogP contribution in [0.2, 0.25) is 0 Å². The first kappa shape index (κ1) is 11.0. The minimum atomic E-state index is -0.599. The summed E-state index contributed by atoms with van der Waals surface area (Å²) < 4.78 is 5.00. The first-order valence-corrected chi connectivity index (χ1v) is 5.33. The van der Waals surface area contributed by atoms with Crippen LogP contribution in [0.4, 0.5) is 5.00 Å². The molecular formula is C10H15NO2S. The van der Waals surface area contributed by atoms with E-state index in [1.807, 2.05) is 19.9 Å². The molecule has 0 atom stereocenters. The van der Waals surface area contributed by atoms with Gasteiger partial charge in [-0.3, -0.25) is 4.79 Å². The zero-order valence-corrected chi connectivity index (χ0v) is 9.48. The molecule has 0 fully saturated rings. The second-order valence-electron chi connectivity index (χ2n) is 3.55. The van der Waals surface area contributed by atoms with Gasteiger partial charge in [-0.25, -0.2) is 0 Å². The highest BCUT2D eigenvalue weighted by Crippen LogP contribution is 2.32. The summed E-state index contributed by atoms with van der Waals surface area (Å²) in [7, 11) is 0. The smallest absolute Gasteiger partial charge is 0.316 e. The van der Waals surface area contributed by atoms with Crippen molar-refractivity contribution in [3.63, 3.8) is 0 Å². The number of esters is 1. The maximum Gasteiger partial charge on any atom is 0.316 e. The Balaban J connectivity index is 2.89. The summed E-state index contributed by atoms with van der Waals surface area (Å²) in [5.41, 5.74) is 5.02. The van der Waals surface area contributed by atoms with E-state index in [0.29, 0.717) is 6.61 Å². The van der Waals surface area contributed by atoms with Gasteiger partial charge in [-0.15, -0.1) is 11.3 Å². The van der Waals surface area contributed by atoms with Crippen molar-refractivity contribution < 1.29 is 9.53 Å². The molecule has 0 saturated heterocycles. The first-order valence-electron chi connectivity index (χ1n) is 4.51. The second-order valence-corrected chi connectivity index (χ2v) is 4.66. The molecule has 1 aromatic rings. The van der Waals surface area contributed by atoms with Crippen LogP contribution in [0, 0.1) is 0 Å². The fraction of sp³-hybridized carbons (Fsp3) is 0.500. The molecule has 1 aromatic heterocycles. The third-order valence-corrected chi connectivity index (χ3v) is 3.27. The molecule has 2 N–H and O–H groups in total. The van der Waals surface area contributed by atoms with E-state index in [-0.39, 0.29) is 5.97 Å². The average Bonchev–Trinajstić information content (AvgIpc) is 2.52. The molecule has 0 aliphatic carbocycles. The van der Waals surface area contributed by atoms with Gasteiger partial charge in [0.1, 0.15) is 0 Å². The number of hydrogen-bond donors (Lipinski definition) is 1. The van der Waals surface area contributed by atoms with Gasteiger partial charge in [0.15, 0.2) is 0 Å². The summed E-state index contributed by atoms with van der Waals surface area (Å²) in [6.07, 6.45) is 0. The van der Waals surface area contributed by atoms with Crippen molar-refractivity contribution in [2.45, 2.75) is 26.2 Å². The number of rotatable bonds is 3. The van der Waals surface area contributed by atoms with Crippen LogP contribution in [0.15, 0.2) is 12.1 Å². The number of nitrogen functional groups attached to an aromatic ring is 1.